The van der Waals surface area contributed by atoms with Gasteiger partial charge in [0.2, 0.25) is 11.8 Å². The zero-order valence-electron chi connectivity index (χ0n) is 19.8. The molecule has 0 bridgehead atoms. The summed E-state index contributed by atoms with van der Waals surface area (Å²) in [4.78, 5) is 40.5. The van der Waals surface area contributed by atoms with Gasteiger partial charge in [-0.2, -0.15) is 0 Å². The summed E-state index contributed by atoms with van der Waals surface area (Å²) in [6.45, 7) is 0.991. The number of fused-ring (bicyclic) bond motifs is 1. The van der Waals surface area contributed by atoms with E-state index in [9.17, 15) is 22.8 Å². The number of benzene rings is 2. The summed E-state index contributed by atoms with van der Waals surface area (Å²) in [5, 5.41) is 3.00. The molecule has 2 aromatic carbocycles. The number of nitrogens with one attached hydrogen (secondary N) is 1. The van der Waals surface area contributed by atoms with Gasteiger partial charge in [-0.1, -0.05) is 37.1 Å². The number of nitrogens with zero attached hydrogens (tertiary/aromatic N) is 2. The van der Waals surface area contributed by atoms with E-state index < -0.39 is 34.4 Å². The van der Waals surface area contributed by atoms with Crippen LogP contribution in [0.25, 0.3) is 0 Å². The monoisotopic (exact) mass is 499 g/mol. The maximum atomic E-state index is 13.5. The lowest BCUT2D eigenvalue weighted by Gasteiger charge is -2.31. The Morgan fingerprint density at radius 3 is 2.40 bits per heavy atom. The second kappa shape index (κ2) is 10.1. The molecule has 1 fully saturated rings. The molecule has 186 valence electrons. The molecular formula is C25H29N3O6S. The fraction of sp³-hybridized carbons (Fsp3) is 0.400. The number of hydrogen-bond donors (Lipinski definition) is 1. The SMILES string of the molecule is COc1ccc(CN(C(=O)CN2C(=O)c3ccccc3S2(=O)=O)[C@H](C)C(=O)NC2CCCC2)cc1. The highest BCUT2D eigenvalue weighted by Gasteiger charge is 2.43. The Morgan fingerprint density at radius 1 is 1.11 bits per heavy atom. The standard InChI is InChI=1S/C25H29N3O6S/c1-17(24(30)26-19-7-3-4-8-19)27(15-18-11-13-20(34-2)14-12-18)23(29)16-28-25(31)21-9-5-6-10-22(21)35(28,32)33/h5-6,9-14,17,19H,3-4,7-8,15-16H2,1-2H3,(H,26,30)/t17-/m1/s1. The van der Waals surface area contributed by atoms with E-state index in [1.165, 1.54) is 23.1 Å². The number of sulfonamides is 1. The smallest absolute Gasteiger partial charge is 0.269 e. The van der Waals surface area contributed by atoms with Crippen molar-refractivity contribution in [2.24, 2.45) is 0 Å². The van der Waals surface area contributed by atoms with Gasteiger partial charge in [0, 0.05) is 12.6 Å². The normalized spacial score (nSPS) is 17.7. The molecule has 10 heteroatoms. The van der Waals surface area contributed by atoms with Gasteiger partial charge in [-0.25, -0.2) is 12.7 Å². The largest absolute Gasteiger partial charge is 0.497 e. The molecule has 4 rings (SSSR count). The third-order valence-electron chi connectivity index (χ3n) is 6.57. The highest BCUT2D eigenvalue weighted by atomic mass is 32.2. The Hall–Kier alpha value is -3.40. The van der Waals surface area contributed by atoms with Crippen molar-refractivity contribution < 1.29 is 27.5 Å². The molecule has 1 aliphatic heterocycles. The van der Waals surface area contributed by atoms with E-state index in [0.717, 1.165) is 31.2 Å². The van der Waals surface area contributed by atoms with Crippen molar-refractivity contribution in [1.29, 1.82) is 0 Å². The number of amides is 3. The van der Waals surface area contributed by atoms with Gasteiger partial charge in [0.1, 0.15) is 23.2 Å². The van der Waals surface area contributed by atoms with Gasteiger partial charge in [0.25, 0.3) is 15.9 Å². The van der Waals surface area contributed by atoms with Crippen molar-refractivity contribution in [2.45, 2.75) is 56.1 Å². The second-order valence-electron chi connectivity index (χ2n) is 8.85. The van der Waals surface area contributed by atoms with E-state index >= 15 is 0 Å². The third kappa shape index (κ3) is 5.02. The number of carbonyl (C=O) groups is 3. The molecule has 35 heavy (non-hydrogen) atoms. The van der Waals surface area contributed by atoms with E-state index in [2.05, 4.69) is 5.32 Å². The van der Waals surface area contributed by atoms with Crippen LogP contribution in [0, 0.1) is 0 Å². The molecule has 1 N–H and O–H groups in total. The minimum Gasteiger partial charge on any atom is -0.497 e. The maximum Gasteiger partial charge on any atom is 0.269 e. The second-order valence-corrected chi connectivity index (χ2v) is 10.7. The maximum absolute atomic E-state index is 13.5. The van der Waals surface area contributed by atoms with Gasteiger partial charge >= 0.3 is 0 Å². The quantitative estimate of drug-likeness (QED) is 0.596. The number of ether oxygens (including phenoxy) is 1. The highest BCUT2D eigenvalue weighted by Crippen LogP contribution is 2.30. The molecule has 0 spiro atoms. The van der Waals surface area contributed by atoms with Crippen LogP contribution in [0.4, 0.5) is 0 Å². The first-order valence-corrected chi connectivity index (χ1v) is 13.0. The molecule has 1 saturated carbocycles. The van der Waals surface area contributed by atoms with E-state index in [-0.39, 0.29) is 29.0 Å². The van der Waals surface area contributed by atoms with Gasteiger partial charge in [0.05, 0.1) is 12.7 Å². The highest BCUT2D eigenvalue weighted by molar-refractivity contribution is 7.90. The molecule has 1 atom stereocenters. The van der Waals surface area contributed by atoms with Crippen LogP contribution >= 0.6 is 0 Å². The zero-order chi connectivity index (χ0) is 25.2. The molecule has 0 saturated heterocycles. The van der Waals surface area contributed by atoms with Crippen LogP contribution in [0.2, 0.25) is 0 Å². The molecule has 9 nitrogen and oxygen atoms in total. The molecule has 0 radical (unpaired) electrons. The lowest BCUT2D eigenvalue weighted by Crippen LogP contribution is -2.52. The molecule has 1 aliphatic carbocycles. The molecule has 0 aromatic heterocycles. The number of rotatable bonds is 8. The Bertz CT molecular complexity index is 1220. The first-order valence-electron chi connectivity index (χ1n) is 11.6. The van der Waals surface area contributed by atoms with E-state index in [1.807, 2.05) is 0 Å². The Morgan fingerprint density at radius 2 is 1.77 bits per heavy atom. The van der Waals surface area contributed by atoms with Gasteiger partial charge < -0.3 is 15.0 Å². The van der Waals surface area contributed by atoms with E-state index in [1.54, 1.807) is 44.4 Å². The predicted octanol–water partition coefficient (Wildman–Crippen LogP) is 2.32. The summed E-state index contributed by atoms with van der Waals surface area (Å²) in [5.74, 6) is -1.05. The lowest BCUT2D eigenvalue weighted by atomic mass is 10.1. The van der Waals surface area contributed by atoms with Gasteiger partial charge in [-0.05, 0) is 49.6 Å². The fourth-order valence-electron chi connectivity index (χ4n) is 4.50. The van der Waals surface area contributed by atoms with Crippen LogP contribution in [0.1, 0.15) is 48.5 Å². The molecular weight excluding hydrogens is 470 g/mol. The summed E-state index contributed by atoms with van der Waals surface area (Å²) in [6, 6.07) is 12.1. The molecule has 2 aromatic rings. The molecule has 1 heterocycles. The van der Waals surface area contributed by atoms with Gasteiger partial charge in [0.15, 0.2) is 0 Å². The molecule has 3 amide bonds. The van der Waals surface area contributed by atoms with Gasteiger partial charge in [-0.15, -0.1) is 0 Å². The minimum absolute atomic E-state index is 0.0361. The summed E-state index contributed by atoms with van der Waals surface area (Å²) >= 11 is 0. The number of hydrogen-bond acceptors (Lipinski definition) is 6. The van der Waals surface area contributed by atoms with Crippen LogP contribution in [0.15, 0.2) is 53.4 Å². The minimum atomic E-state index is -4.15. The topological polar surface area (TPSA) is 113 Å². The van der Waals surface area contributed by atoms with Crippen LogP contribution < -0.4 is 10.1 Å². The number of carbonyl (C=O) groups excluding carboxylic acids is 3. The van der Waals surface area contributed by atoms with Crippen molar-refractivity contribution in [2.75, 3.05) is 13.7 Å². The van der Waals surface area contributed by atoms with Crippen molar-refractivity contribution in [3.05, 3.63) is 59.7 Å². The average molecular weight is 500 g/mol. The summed E-state index contributed by atoms with van der Waals surface area (Å²) in [5.41, 5.74) is 0.771. The van der Waals surface area contributed by atoms with E-state index in [4.69, 9.17) is 4.74 Å². The zero-order valence-corrected chi connectivity index (χ0v) is 20.6. The molecule has 0 unspecified atom stereocenters. The first kappa shape index (κ1) is 24.7. The summed E-state index contributed by atoms with van der Waals surface area (Å²) < 4.78 is 31.7. The Kier molecular flexibility index (Phi) is 7.11. The van der Waals surface area contributed by atoms with Crippen LogP contribution in [0.3, 0.4) is 0 Å². The van der Waals surface area contributed by atoms with Gasteiger partial charge in [-0.3, -0.25) is 14.4 Å². The van der Waals surface area contributed by atoms with Crippen LogP contribution in [0.5, 0.6) is 5.75 Å². The number of methoxy groups -OCH3 is 1. The summed E-state index contributed by atoms with van der Waals surface area (Å²) in [6.07, 6.45) is 3.87. The van der Waals surface area contributed by atoms with E-state index in [0.29, 0.717) is 10.1 Å². The lowest BCUT2D eigenvalue weighted by molar-refractivity contribution is -0.140. The van der Waals surface area contributed by atoms with Crippen molar-refractivity contribution in [1.82, 2.24) is 14.5 Å². The fourth-order valence-corrected chi connectivity index (χ4v) is 6.02. The Balaban J connectivity index is 1.57. The third-order valence-corrected chi connectivity index (χ3v) is 8.36. The summed E-state index contributed by atoms with van der Waals surface area (Å²) in [7, 11) is -2.60. The predicted molar refractivity (Wildman–Crippen MR) is 128 cm³/mol. The average Bonchev–Trinajstić information content (AvgIpc) is 3.43. The van der Waals surface area contributed by atoms with Crippen molar-refractivity contribution in [3.63, 3.8) is 0 Å². The van der Waals surface area contributed by atoms with Crippen LogP contribution in [-0.4, -0.2) is 61.1 Å². The van der Waals surface area contributed by atoms with Crippen molar-refractivity contribution in [3.8, 4) is 5.75 Å². The molecule has 2 aliphatic rings. The first-order chi connectivity index (χ1) is 16.7. The Labute approximate surface area is 205 Å². The van der Waals surface area contributed by atoms with Crippen molar-refractivity contribution >= 4 is 27.7 Å². The van der Waals surface area contributed by atoms with Crippen LogP contribution in [-0.2, 0) is 26.2 Å².